The van der Waals surface area contributed by atoms with Gasteiger partial charge in [0.2, 0.25) is 0 Å². The summed E-state index contributed by atoms with van der Waals surface area (Å²) in [6.07, 6.45) is 1.21. The van der Waals surface area contributed by atoms with Crippen molar-refractivity contribution in [2.75, 3.05) is 26.4 Å². The number of carbonyl (C=O) groups is 1. The first-order chi connectivity index (χ1) is 9.79. The topological polar surface area (TPSA) is 60.6 Å². The Bertz CT molecular complexity index is 613. The highest BCUT2D eigenvalue weighted by atomic mass is 16.6. The maximum Gasteiger partial charge on any atom is 0.196 e. The molecule has 5 heteroatoms. The van der Waals surface area contributed by atoms with Gasteiger partial charge >= 0.3 is 0 Å². The van der Waals surface area contributed by atoms with Crippen molar-refractivity contribution in [2.24, 2.45) is 0 Å². The fourth-order valence-corrected chi connectivity index (χ4v) is 2.37. The monoisotopic (exact) mass is 275 g/mol. The minimum absolute atomic E-state index is 0.0513. The Balaban J connectivity index is 1.93. The van der Waals surface area contributed by atoms with Gasteiger partial charge in [0.15, 0.2) is 5.78 Å². The van der Waals surface area contributed by atoms with Crippen molar-refractivity contribution in [1.29, 1.82) is 0 Å². The van der Waals surface area contributed by atoms with Gasteiger partial charge < -0.3 is 19.2 Å². The first kappa shape index (κ1) is 13.1. The van der Waals surface area contributed by atoms with Crippen LogP contribution in [-0.4, -0.2) is 43.3 Å². The molecule has 1 aliphatic heterocycles. The third-order valence-corrected chi connectivity index (χ3v) is 3.34. The molecule has 1 N–H and O–H groups in total. The van der Waals surface area contributed by atoms with Crippen molar-refractivity contribution >= 4 is 16.7 Å². The second-order valence-electron chi connectivity index (χ2n) is 4.64. The Kier molecular flexibility index (Phi) is 3.71. The first-order valence-corrected chi connectivity index (χ1v) is 6.77. The Morgan fingerprint density at radius 3 is 3.10 bits per heavy atom. The molecule has 0 radical (unpaired) electrons. The van der Waals surface area contributed by atoms with Gasteiger partial charge in [0, 0.05) is 22.7 Å². The van der Waals surface area contributed by atoms with E-state index in [-0.39, 0.29) is 5.78 Å². The van der Waals surface area contributed by atoms with Crippen LogP contribution < -0.4 is 4.74 Å². The quantitative estimate of drug-likeness (QED) is 0.869. The van der Waals surface area contributed by atoms with E-state index in [2.05, 4.69) is 4.98 Å². The summed E-state index contributed by atoms with van der Waals surface area (Å²) in [4.78, 5) is 15.6. The maximum absolute atomic E-state index is 12.5. The van der Waals surface area contributed by atoms with Gasteiger partial charge in [-0.15, -0.1) is 0 Å². The van der Waals surface area contributed by atoms with Crippen LogP contribution in [0.15, 0.2) is 24.4 Å². The number of H-pyrrole nitrogens is 1. The van der Waals surface area contributed by atoms with Gasteiger partial charge in [0.05, 0.1) is 26.4 Å². The molecule has 1 aliphatic rings. The number of Topliss-reactive ketones (excluding diaryl/α,β-unsaturated/α-hetero) is 1. The fourth-order valence-electron chi connectivity index (χ4n) is 2.37. The van der Waals surface area contributed by atoms with Crippen LogP contribution in [0.1, 0.15) is 17.3 Å². The Morgan fingerprint density at radius 2 is 2.35 bits per heavy atom. The zero-order valence-electron chi connectivity index (χ0n) is 11.3. The lowest BCUT2D eigenvalue weighted by atomic mass is 10.0. The van der Waals surface area contributed by atoms with Crippen LogP contribution in [-0.2, 0) is 9.47 Å². The summed E-state index contributed by atoms with van der Waals surface area (Å²) in [5.74, 6) is 0.707. The number of fused-ring (bicyclic) bond motifs is 1. The number of carbonyl (C=O) groups excluding carboxylic acids is 1. The fraction of sp³-hybridized carbons (Fsp3) is 0.400. The summed E-state index contributed by atoms with van der Waals surface area (Å²) in [5.41, 5.74) is 1.53. The molecule has 1 aromatic heterocycles. The Labute approximate surface area is 116 Å². The number of hydrogen-bond donors (Lipinski definition) is 1. The van der Waals surface area contributed by atoms with Crippen LogP contribution in [0.3, 0.4) is 0 Å². The van der Waals surface area contributed by atoms with Crippen molar-refractivity contribution in [3.05, 3.63) is 30.0 Å². The molecule has 3 rings (SSSR count). The van der Waals surface area contributed by atoms with E-state index in [1.807, 2.05) is 25.1 Å². The van der Waals surface area contributed by atoms with E-state index < -0.39 is 6.10 Å². The van der Waals surface area contributed by atoms with Gasteiger partial charge in [-0.05, 0) is 25.1 Å². The Hall–Kier alpha value is -1.85. The van der Waals surface area contributed by atoms with Gasteiger partial charge in [-0.1, -0.05) is 0 Å². The first-order valence-electron chi connectivity index (χ1n) is 6.77. The molecule has 0 bridgehead atoms. The number of hydrogen-bond acceptors (Lipinski definition) is 4. The third-order valence-electron chi connectivity index (χ3n) is 3.34. The summed E-state index contributed by atoms with van der Waals surface area (Å²) in [7, 11) is 0. The number of nitrogens with one attached hydrogen (secondary N) is 1. The predicted molar refractivity (Wildman–Crippen MR) is 74.4 cm³/mol. The highest BCUT2D eigenvalue weighted by Gasteiger charge is 2.26. The molecule has 1 unspecified atom stereocenters. The highest BCUT2D eigenvalue weighted by Crippen LogP contribution is 2.25. The summed E-state index contributed by atoms with van der Waals surface area (Å²) < 4.78 is 16.2. The molecule has 1 saturated heterocycles. The van der Waals surface area contributed by atoms with Crippen molar-refractivity contribution in [3.8, 4) is 5.75 Å². The van der Waals surface area contributed by atoms with Gasteiger partial charge in [-0.3, -0.25) is 4.79 Å². The van der Waals surface area contributed by atoms with E-state index >= 15 is 0 Å². The minimum atomic E-state index is -0.515. The number of benzene rings is 1. The summed E-state index contributed by atoms with van der Waals surface area (Å²) in [6.45, 7) is 3.85. The molecular formula is C15H17NO4. The molecular weight excluding hydrogens is 258 g/mol. The zero-order chi connectivity index (χ0) is 13.9. The van der Waals surface area contributed by atoms with Crippen molar-refractivity contribution in [1.82, 2.24) is 4.98 Å². The van der Waals surface area contributed by atoms with E-state index in [1.165, 1.54) is 0 Å². The SMILES string of the molecule is CCOc1ccc2[nH]cc(C(=O)C3COCCO3)c2c1. The van der Waals surface area contributed by atoms with Crippen LogP contribution in [0.2, 0.25) is 0 Å². The summed E-state index contributed by atoms with van der Waals surface area (Å²) >= 11 is 0. The average molecular weight is 275 g/mol. The van der Waals surface area contributed by atoms with Crippen molar-refractivity contribution in [2.45, 2.75) is 13.0 Å². The van der Waals surface area contributed by atoms with E-state index in [9.17, 15) is 4.79 Å². The second-order valence-corrected chi connectivity index (χ2v) is 4.64. The van der Waals surface area contributed by atoms with E-state index in [1.54, 1.807) is 6.20 Å². The van der Waals surface area contributed by atoms with Gasteiger partial charge in [-0.25, -0.2) is 0 Å². The lowest BCUT2D eigenvalue weighted by Crippen LogP contribution is -2.35. The summed E-state index contributed by atoms with van der Waals surface area (Å²) in [6, 6.07) is 5.68. The van der Waals surface area contributed by atoms with Gasteiger partial charge in [-0.2, -0.15) is 0 Å². The van der Waals surface area contributed by atoms with Crippen LogP contribution in [0.5, 0.6) is 5.75 Å². The molecule has 2 heterocycles. The molecule has 5 nitrogen and oxygen atoms in total. The predicted octanol–water partition coefficient (Wildman–Crippen LogP) is 2.16. The van der Waals surface area contributed by atoms with E-state index in [0.717, 1.165) is 16.7 Å². The lowest BCUT2D eigenvalue weighted by molar-refractivity contribution is -0.0718. The number of aromatic nitrogens is 1. The minimum Gasteiger partial charge on any atom is -0.494 e. The molecule has 0 saturated carbocycles. The molecule has 1 aromatic carbocycles. The number of ketones is 1. The van der Waals surface area contributed by atoms with Gasteiger partial charge in [0.1, 0.15) is 11.9 Å². The molecule has 20 heavy (non-hydrogen) atoms. The molecule has 0 aliphatic carbocycles. The summed E-state index contributed by atoms with van der Waals surface area (Å²) in [5, 5.41) is 0.857. The standard InChI is InChI=1S/C15H17NO4/c1-2-19-10-3-4-13-11(7-10)12(8-16-13)15(17)14-9-18-5-6-20-14/h3-4,7-8,14,16H,2,5-6,9H2,1H3. The molecule has 0 amide bonds. The van der Waals surface area contributed by atoms with Crippen LogP contribution in [0.25, 0.3) is 10.9 Å². The Morgan fingerprint density at radius 1 is 1.45 bits per heavy atom. The zero-order valence-corrected chi connectivity index (χ0v) is 11.3. The second kappa shape index (κ2) is 5.64. The van der Waals surface area contributed by atoms with E-state index in [4.69, 9.17) is 14.2 Å². The van der Waals surface area contributed by atoms with Gasteiger partial charge in [0.25, 0.3) is 0 Å². The van der Waals surface area contributed by atoms with Crippen molar-refractivity contribution in [3.63, 3.8) is 0 Å². The number of aromatic amines is 1. The van der Waals surface area contributed by atoms with Crippen LogP contribution >= 0.6 is 0 Å². The lowest BCUT2D eigenvalue weighted by Gasteiger charge is -2.21. The molecule has 106 valence electrons. The third kappa shape index (κ3) is 2.42. The number of ether oxygens (including phenoxy) is 3. The molecule has 0 spiro atoms. The van der Waals surface area contributed by atoms with E-state index in [0.29, 0.717) is 32.0 Å². The molecule has 2 aromatic rings. The van der Waals surface area contributed by atoms with Crippen LogP contribution in [0, 0.1) is 0 Å². The average Bonchev–Trinajstić information content (AvgIpc) is 2.91. The highest BCUT2D eigenvalue weighted by molar-refractivity contribution is 6.10. The smallest absolute Gasteiger partial charge is 0.196 e. The maximum atomic E-state index is 12.5. The molecule has 1 atom stereocenters. The normalized spacial score (nSPS) is 19.1. The van der Waals surface area contributed by atoms with Crippen LogP contribution in [0.4, 0.5) is 0 Å². The largest absolute Gasteiger partial charge is 0.494 e. The van der Waals surface area contributed by atoms with Crippen molar-refractivity contribution < 1.29 is 19.0 Å². The number of rotatable bonds is 4. The molecule has 1 fully saturated rings.